The predicted octanol–water partition coefficient (Wildman–Crippen LogP) is -1.30. The van der Waals surface area contributed by atoms with Crippen molar-refractivity contribution in [2.75, 3.05) is 19.8 Å². The third kappa shape index (κ3) is 5.97. The lowest BCUT2D eigenvalue weighted by Gasteiger charge is -2.09. The van der Waals surface area contributed by atoms with Gasteiger partial charge < -0.3 is 20.7 Å². The highest BCUT2D eigenvalue weighted by molar-refractivity contribution is 4.56. The third-order valence-corrected chi connectivity index (χ3v) is 0.925. The minimum absolute atomic E-state index is 0.0835. The number of hydrogen-bond donors (Lipinski definition) is 3. The molecule has 0 aliphatic rings. The van der Waals surface area contributed by atoms with Gasteiger partial charge in [0.1, 0.15) is 0 Å². The van der Waals surface area contributed by atoms with Crippen LogP contribution in [0.1, 0.15) is 6.92 Å². The Morgan fingerprint density at radius 2 is 2.10 bits per heavy atom. The fourth-order valence-electron chi connectivity index (χ4n) is 0.443. The second-order valence-electron chi connectivity index (χ2n) is 2.33. The molecule has 0 aliphatic carbocycles. The van der Waals surface area contributed by atoms with Crippen LogP contribution in [0.3, 0.4) is 0 Å². The van der Waals surface area contributed by atoms with E-state index < -0.39 is 6.10 Å². The van der Waals surface area contributed by atoms with Crippen molar-refractivity contribution in [1.29, 1.82) is 0 Å². The van der Waals surface area contributed by atoms with Crippen molar-refractivity contribution in [1.82, 2.24) is 0 Å². The monoisotopic (exact) mass is 149 g/mol. The van der Waals surface area contributed by atoms with Gasteiger partial charge in [0.15, 0.2) is 0 Å². The van der Waals surface area contributed by atoms with E-state index >= 15 is 0 Å². The molecule has 0 radical (unpaired) electrons. The van der Waals surface area contributed by atoms with Gasteiger partial charge in [0.05, 0.1) is 32.0 Å². The standard InChI is InChI=1S/C6H15NO3/c1-5(9)3-10-4-6(7)2-8/h5-6,8-9H,2-4,7H2,1H3/t5?,6-/m0/s1. The third-order valence-electron chi connectivity index (χ3n) is 0.925. The molecule has 10 heavy (non-hydrogen) atoms. The Bertz CT molecular complexity index is 77.4. The fourth-order valence-corrected chi connectivity index (χ4v) is 0.443. The van der Waals surface area contributed by atoms with E-state index in [2.05, 4.69) is 0 Å². The van der Waals surface area contributed by atoms with Crippen LogP contribution < -0.4 is 5.73 Å². The van der Waals surface area contributed by atoms with Gasteiger partial charge in [-0.3, -0.25) is 0 Å². The molecular formula is C6H15NO3. The predicted molar refractivity (Wildman–Crippen MR) is 37.6 cm³/mol. The molecule has 0 saturated carbocycles. The Morgan fingerprint density at radius 1 is 1.50 bits per heavy atom. The van der Waals surface area contributed by atoms with Crippen molar-refractivity contribution < 1.29 is 14.9 Å². The molecule has 2 atom stereocenters. The smallest absolute Gasteiger partial charge is 0.0745 e. The summed E-state index contributed by atoms with van der Waals surface area (Å²) < 4.78 is 4.91. The lowest BCUT2D eigenvalue weighted by Crippen LogP contribution is -2.31. The van der Waals surface area contributed by atoms with Crippen molar-refractivity contribution >= 4 is 0 Å². The molecule has 0 saturated heterocycles. The Hall–Kier alpha value is -0.160. The van der Waals surface area contributed by atoms with Crippen LogP contribution in [0.4, 0.5) is 0 Å². The Kier molecular flexibility index (Phi) is 5.52. The average molecular weight is 149 g/mol. The lowest BCUT2D eigenvalue weighted by atomic mass is 10.3. The van der Waals surface area contributed by atoms with Gasteiger partial charge in [-0.15, -0.1) is 0 Å². The van der Waals surface area contributed by atoms with Gasteiger partial charge in [-0.2, -0.15) is 0 Å². The van der Waals surface area contributed by atoms with Gasteiger partial charge in [0, 0.05) is 0 Å². The van der Waals surface area contributed by atoms with Gasteiger partial charge >= 0.3 is 0 Å². The Labute approximate surface area is 60.6 Å². The molecule has 0 aliphatic heterocycles. The van der Waals surface area contributed by atoms with Crippen LogP contribution in [-0.4, -0.2) is 42.2 Å². The second-order valence-corrected chi connectivity index (χ2v) is 2.33. The first-order valence-electron chi connectivity index (χ1n) is 3.29. The quantitative estimate of drug-likeness (QED) is 0.454. The second kappa shape index (κ2) is 5.61. The maximum absolute atomic E-state index is 8.71. The van der Waals surface area contributed by atoms with Crippen molar-refractivity contribution in [3.05, 3.63) is 0 Å². The van der Waals surface area contributed by atoms with Gasteiger partial charge in [0.25, 0.3) is 0 Å². The maximum Gasteiger partial charge on any atom is 0.0745 e. The van der Waals surface area contributed by atoms with Crippen LogP contribution in [0.25, 0.3) is 0 Å². The molecule has 1 unspecified atom stereocenters. The molecule has 0 fully saturated rings. The zero-order valence-electron chi connectivity index (χ0n) is 6.16. The summed E-state index contributed by atoms with van der Waals surface area (Å²) in [4.78, 5) is 0. The summed E-state index contributed by atoms with van der Waals surface area (Å²) >= 11 is 0. The average Bonchev–Trinajstić information content (AvgIpc) is 1.87. The van der Waals surface area contributed by atoms with E-state index in [4.69, 9.17) is 20.7 Å². The molecule has 0 aromatic heterocycles. The van der Waals surface area contributed by atoms with Crippen LogP contribution in [0.5, 0.6) is 0 Å². The Morgan fingerprint density at radius 3 is 2.50 bits per heavy atom. The normalized spacial score (nSPS) is 16.8. The number of aliphatic hydroxyl groups is 2. The minimum atomic E-state index is -0.467. The van der Waals surface area contributed by atoms with E-state index in [0.717, 1.165) is 0 Å². The largest absolute Gasteiger partial charge is 0.395 e. The van der Waals surface area contributed by atoms with E-state index in [1.165, 1.54) is 0 Å². The lowest BCUT2D eigenvalue weighted by molar-refractivity contribution is 0.0333. The number of rotatable bonds is 5. The van der Waals surface area contributed by atoms with Crippen molar-refractivity contribution in [2.45, 2.75) is 19.1 Å². The topological polar surface area (TPSA) is 75.7 Å². The molecule has 0 aromatic rings. The van der Waals surface area contributed by atoms with Gasteiger partial charge in [-0.1, -0.05) is 0 Å². The molecule has 0 bridgehead atoms. The molecule has 4 N–H and O–H groups in total. The molecule has 4 nitrogen and oxygen atoms in total. The molecule has 0 aromatic carbocycles. The molecule has 62 valence electrons. The summed E-state index contributed by atoms with van der Waals surface area (Å²) in [5, 5.41) is 17.1. The molecule has 0 amide bonds. The highest BCUT2D eigenvalue weighted by Crippen LogP contribution is 1.84. The van der Waals surface area contributed by atoms with E-state index in [9.17, 15) is 0 Å². The van der Waals surface area contributed by atoms with Crippen LogP contribution in [0.2, 0.25) is 0 Å². The summed E-state index contributed by atoms with van der Waals surface area (Å²) in [6, 6.07) is -0.334. The van der Waals surface area contributed by atoms with Crippen LogP contribution in [-0.2, 0) is 4.74 Å². The molecule has 0 heterocycles. The SMILES string of the molecule is CC(O)COC[C@@H](N)CO. The van der Waals surface area contributed by atoms with Crippen LogP contribution in [0.15, 0.2) is 0 Å². The summed E-state index contributed by atoms with van der Waals surface area (Å²) in [7, 11) is 0. The van der Waals surface area contributed by atoms with Crippen LogP contribution in [0, 0.1) is 0 Å². The molecule has 4 heteroatoms. The summed E-state index contributed by atoms with van der Waals surface area (Å²) in [6.45, 7) is 2.11. The summed E-state index contributed by atoms with van der Waals surface area (Å²) in [5.41, 5.74) is 5.30. The fraction of sp³-hybridized carbons (Fsp3) is 1.00. The zero-order valence-corrected chi connectivity index (χ0v) is 6.16. The first kappa shape index (κ1) is 9.84. The number of nitrogens with two attached hydrogens (primary N) is 1. The van der Waals surface area contributed by atoms with Crippen molar-refractivity contribution in [2.24, 2.45) is 5.73 Å². The van der Waals surface area contributed by atoms with E-state index in [1.807, 2.05) is 0 Å². The van der Waals surface area contributed by atoms with E-state index in [-0.39, 0.29) is 19.3 Å². The first-order chi connectivity index (χ1) is 4.66. The molecule has 0 spiro atoms. The summed E-state index contributed by atoms with van der Waals surface area (Å²) in [6.07, 6.45) is -0.467. The highest BCUT2D eigenvalue weighted by Gasteiger charge is 2.00. The van der Waals surface area contributed by atoms with Gasteiger partial charge in [0.2, 0.25) is 0 Å². The number of hydrogen-bond acceptors (Lipinski definition) is 4. The highest BCUT2D eigenvalue weighted by atomic mass is 16.5. The van der Waals surface area contributed by atoms with Crippen molar-refractivity contribution in [3.63, 3.8) is 0 Å². The maximum atomic E-state index is 8.71. The minimum Gasteiger partial charge on any atom is -0.395 e. The Balaban J connectivity index is 3.03. The summed E-state index contributed by atoms with van der Waals surface area (Å²) in [5.74, 6) is 0. The van der Waals surface area contributed by atoms with E-state index in [1.54, 1.807) is 6.92 Å². The van der Waals surface area contributed by atoms with Crippen molar-refractivity contribution in [3.8, 4) is 0 Å². The van der Waals surface area contributed by atoms with Gasteiger partial charge in [-0.25, -0.2) is 0 Å². The van der Waals surface area contributed by atoms with Gasteiger partial charge in [-0.05, 0) is 6.92 Å². The van der Waals surface area contributed by atoms with Crippen LogP contribution >= 0.6 is 0 Å². The van der Waals surface area contributed by atoms with E-state index in [0.29, 0.717) is 6.61 Å². The number of aliphatic hydroxyl groups excluding tert-OH is 2. The zero-order chi connectivity index (χ0) is 7.98. The number of ether oxygens (including phenoxy) is 1. The molecule has 0 rings (SSSR count). The molecular weight excluding hydrogens is 134 g/mol. The first-order valence-corrected chi connectivity index (χ1v) is 3.29.